The average molecular weight is 364 g/mol. The molecule has 0 fully saturated rings. The highest BCUT2D eigenvalue weighted by atomic mass is 32.1. The van der Waals surface area contributed by atoms with Gasteiger partial charge in [-0.2, -0.15) is 5.10 Å². The van der Waals surface area contributed by atoms with Crippen molar-refractivity contribution in [3.05, 3.63) is 66.4 Å². The van der Waals surface area contributed by atoms with E-state index in [1.54, 1.807) is 7.11 Å². The van der Waals surface area contributed by atoms with Gasteiger partial charge >= 0.3 is 0 Å². The van der Waals surface area contributed by atoms with E-state index >= 15 is 0 Å². The van der Waals surface area contributed by atoms with Crippen LogP contribution in [-0.4, -0.2) is 30.0 Å². The SMILES string of the molecule is COc1ccc(N(C)C(=S)N/N=C(\C)c2ccc3ccccc3n2)cc1. The number of fused-ring (bicyclic) bond motifs is 1. The number of nitrogens with one attached hydrogen (secondary N) is 1. The zero-order chi connectivity index (χ0) is 18.5. The van der Waals surface area contributed by atoms with Crippen molar-refractivity contribution >= 4 is 39.6 Å². The smallest absolute Gasteiger partial charge is 0.193 e. The van der Waals surface area contributed by atoms with Crippen molar-refractivity contribution in [3.8, 4) is 5.75 Å². The predicted molar refractivity (Wildman–Crippen MR) is 111 cm³/mol. The number of hydrazone groups is 1. The molecule has 6 heteroatoms. The van der Waals surface area contributed by atoms with Gasteiger partial charge in [-0.25, -0.2) is 4.98 Å². The van der Waals surface area contributed by atoms with E-state index in [1.807, 2.05) is 79.5 Å². The molecule has 2 aromatic carbocycles. The Morgan fingerprint density at radius 2 is 1.81 bits per heavy atom. The van der Waals surface area contributed by atoms with E-state index in [1.165, 1.54) is 0 Å². The number of methoxy groups -OCH3 is 1. The summed E-state index contributed by atoms with van der Waals surface area (Å²) in [6.07, 6.45) is 0. The van der Waals surface area contributed by atoms with Crippen LogP contribution in [0, 0.1) is 0 Å². The first kappa shape index (κ1) is 17.8. The van der Waals surface area contributed by atoms with E-state index in [9.17, 15) is 0 Å². The summed E-state index contributed by atoms with van der Waals surface area (Å²) in [4.78, 5) is 6.48. The van der Waals surface area contributed by atoms with Gasteiger partial charge in [-0.15, -0.1) is 0 Å². The Hall–Kier alpha value is -2.99. The number of hydrogen-bond donors (Lipinski definition) is 1. The van der Waals surface area contributed by atoms with Gasteiger partial charge in [0.1, 0.15) is 5.75 Å². The lowest BCUT2D eigenvalue weighted by Gasteiger charge is -2.19. The fourth-order valence-corrected chi connectivity index (χ4v) is 2.61. The largest absolute Gasteiger partial charge is 0.497 e. The number of benzene rings is 2. The molecule has 0 aliphatic heterocycles. The minimum atomic E-state index is 0.496. The van der Waals surface area contributed by atoms with Crippen LogP contribution in [0.1, 0.15) is 12.6 Å². The first-order valence-electron chi connectivity index (χ1n) is 8.16. The van der Waals surface area contributed by atoms with Crippen LogP contribution in [0.3, 0.4) is 0 Å². The molecule has 0 amide bonds. The molecule has 1 heterocycles. The fraction of sp³-hybridized carbons (Fsp3) is 0.150. The second kappa shape index (κ2) is 7.93. The molecule has 1 aromatic heterocycles. The Morgan fingerprint density at radius 1 is 1.08 bits per heavy atom. The molecule has 0 saturated heterocycles. The normalized spacial score (nSPS) is 11.3. The molecule has 1 N–H and O–H groups in total. The summed E-state index contributed by atoms with van der Waals surface area (Å²) in [5.74, 6) is 0.803. The minimum absolute atomic E-state index is 0.496. The number of rotatable bonds is 4. The molecule has 0 aliphatic rings. The molecule has 0 saturated carbocycles. The second-order valence-electron chi connectivity index (χ2n) is 5.76. The molecular formula is C20H20N4OS. The van der Waals surface area contributed by atoms with Crippen molar-refractivity contribution in [2.75, 3.05) is 19.1 Å². The van der Waals surface area contributed by atoms with Gasteiger partial charge in [0.25, 0.3) is 0 Å². The lowest BCUT2D eigenvalue weighted by molar-refractivity contribution is 0.415. The summed E-state index contributed by atoms with van der Waals surface area (Å²) in [7, 11) is 3.53. The Morgan fingerprint density at radius 3 is 2.54 bits per heavy atom. The molecule has 0 spiro atoms. The zero-order valence-corrected chi connectivity index (χ0v) is 15.7. The van der Waals surface area contributed by atoms with Crippen LogP contribution >= 0.6 is 12.2 Å². The quantitative estimate of drug-likeness (QED) is 0.431. The number of para-hydroxylation sites is 1. The van der Waals surface area contributed by atoms with Crippen LogP contribution in [0.4, 0.5) is 5.69 Å². The van der Waals surface area contributed by atoms with E-state index < -0.39 is 0 Å². The molecule has 0 aliphatic carbocycles. The van der Waals surface area contributed by atoms with Gasteiger partial charge in [-0.1, -0.05) is 24.3 Å². The molecular weight excluding hydrogens is 344 g/mol. The number of anilines is 1. The minimum Gasteiger partial charge on any atom is -0.497 e. The highest BCUT2D eigenvalue weighted by molar-refractivity contribution is 7.80. The highest BCUT2D eigenvalue weighted by Crippen LogP contribution is 2.18. The van der Waals surface area contributed by atoms with E-state index in [0.717, 1.165) is 33.7 Å². The maximum absolute atomic E-state index is 5.42. The van der Waals surface area contributed by atoms with Crippen LogP contribution in [0.15, 0.2) is 65.8 Å². The maximum Gasteiger partial charge on any atom is 0.193 e. The Balaban J connectivity index is 1.71. The number of nitrogens with zero attached hydrogens (tertiary/aromatic N) is 3. The van der Waals surface area contributed by atoms with Gasteiger partial charge in [0, 0.05) is 18.1 Å². The van der Waals surface area contributed by atoms with E-state index in [0.29, 0.717) is 5.11 Å². The summed E-state index contributed by atoms with van der Waals surface area (Å²) >= 11 is 5.42. The van der Waals surface area contributed by atoms with Crippen molar-refractivity contribution in [1.29, 1.82) is 0 Å². The third-order valence-corrected chi connectivity index (χ3v) is 4.42. The van der Waals surface area contributed by atoms with Crippen LogP contribution in [0.5, 0.6) is 5.75 Å². The molecule has 3 rings (SSSR count). The molecule has 132 valence electrons. The first-order valence-corrected chi connectivity index (χ1v) is 8.57. The summed E-state index contributed by atoms with van der Waals surface area (Å²) in [5.41, 5.74) is 6.39. The average Bonchev–Trinajstić information content (AvgIpc) is 2.70. The van der Waals surface area contributed by atoms with Crippen LogP contribution in [-0.2, 0) is 0 Å². The molecule has 0 unspecified atom stereocenters. The lowest BCUT2D eigenvalue weighted by atomic mass is 10.2. The number of hydrogen-bond acceptors (Lipinski definition) is 4. The van der Waals surface area contributed by atoms with Crippen LogP contribution < -0.4 is 15.1 Å². The Labute approximate surface area is 158 Å². The van der Waals surface area contributed by atoms with Crippen molar-refractivity contribution < 1.29 is 4.74 Å². The van der Waals surface area contributed by atoms with Gasteiger partial charge < -0.3 is 9.64 Å². The zero-order valence-electron chi connectivity index (χ0n) is 14.9. The number of aromatic nitrogens is 1. The van der Waals surface area contributed by atoms with Gasteiger partial charge in [0.2, 0.25) is 0 Å². The van der Waals surface area contributed by atoms with Crippen LogP contribution in [0.25, 0.3) is 10.9 Å². The van der Waals surface area contributed by atoms with Crippen molar-refractivity contribution in [2.45, 2.75) is 6.92 Å². The Bertz CT molecular complexity index is 953. The van der Waals surface area contributed by atoms with Crippen LogP contribution in [0.2, 0.25) is 0 Å². The monoisotopic (exact) mass is 364 g/mol. The molecule has 0 atom stereocenters. The van der Waals surface area contributed by atoms with Gasteiger partial charge in [-0.3, -0.25) is 5.43 Å². The van der Waals surface area contributed by atoms with E-state index in [2.05, 4.69) is 15.5 Å². The first-order chi connectivity index (χ1) is 12.6. The summed E-state index contributed by atoms with van der Waals surface area (Å²) in [6, 6.07) is 19.7. The van der Waals surface area contributed by atoms with Crippen molar-refractivity contribution in [1.82, 2.24) is 10.4 Å². The fourth-order valence-electron chi connectivity index (χ4n) is 2.45. The molecule has 26 heavy (non-hydrogen) atoms. The van der Waals surface area contributed by atoms with E-state index in [-0.39, 0.29) is 0 Å². The third kappa shape index (κ3) is 3.97. The van der Waals surface area contributed by atoms with Gasteiger partial charge in [0.05, 0.1) is 24.0 Å². The number of thiocarbonyl (C=S) groups is 1. The highest BCUT2D eigenvalue weighted by Gasteiger charge is 2.07. The third-order valence-electron chi connectivity index (χ3n) is 4.05. The molecule has 3 aromatic rings. The number of pyridine rings is 1. The predicted octanol–water partition coefficient (Wildman–Crippen LogP) is 3.98. The van der Waals surface area contributed by atoms with Gasteiger partial charge in [0.15, 0.2) is 5.11 Å². The van der Waals surface area contributed by atoms with E-state index in [4.69, 9.17) is 17.0 Å². The lowest BCUT2D eigenvalue weighted by Crippen LogP contribution is -2.34. The van der Waals surface area contributed by atoms with Crippen molar-refractivity contribution in [3.63, 3.8) is 0 Å². The molecule has 0 radical (unpaired) electrons. The standard InChI is InChI=1S/C20H20N4OS/c1-14(18-13-8-15-6-4-5-7-19(15)21-18)22-23-20(26)24(2)16-9-11-17(25-3)12-10-16/h4-13H,1-3H3,(H,23,26)/b22-14+. The van der Waals surface area contributed by atoms with Gasteiger partial charge in [-0.05, 0) is 55.5 Å². The number of ether oxygens (including phenoxy) is 1. The maximum atomic E-state index is 5.42. The summed E-state index contributed by atoms with van der Waals surface area (Å²) in [6.45, 7) is 1.90. The summed E-state index contributed by atoms with van der Waals surface area (Å²) in [5, 5.41) is 5.98. The topological polar surface area (TPSA) is 49.8 Å². The van der Waals surface area contributed by atoms with Crippen molar-refractivity contribution in [2.24, 2.45) is 5.10 Å². The summed E-state index contributed by atoms with van der Waals surface area (Å²) < 4.78 is 5.17. The second-order valence-corrected chi connectivity index (χ2v) is 6.15. The molecule has 5 nitrogen and oxygen atoms in total. The Kier molecular flexibility index (Phi) is 5.43. The molecule has 0 bridgehead atoms.